The van der Waals surface area contributed by atoms with Crippen LogP contribution in [-0.2, 0) is 15.1 Å². The van der Waals surface area contributed by atoms with Crippen molar-refractivity contribution in [2.45, 2.75) is 57.4 Å². The number of fused-ring (bicyclic) bond motifs is 2. The zero-order valence-electron chi connectivity index (χ0n) is 19.4. The van der Waals surface area contributed by atoms with Gasteiger partial charge in [-0.1, -0.05) is 19.8 Å². The van der Waals surface area contributed by atoms with Gasteiger partial charge in [-0.05, 0) is 37.2 Å². The van der Waals surface area contributed by atoms with Crippen molar-refractivity contribution in [3.63, 3.8) is 0 Å². The maximum Gasteiger partial charge on any atom is 0.289 e. The number of likely N-dealkylation sites (tertiary alicyclic amines) is 1. The molecule has 1 aliphatic carbocycles. The zero-order valence-corrected chi connectivity index (χ0v) is 19.4. The molecule has 2 aliphatic rings. The number of nitrogens with zero attached hydrogens (tertiary/aromatic N) is 6. The van der Waals surface area contributed by atoms with E-state index in [9.17, 15) is 14.9 Å². The van der Waals surface area contributed by atoms with Crippen LogP contribution in [0.25, 0.3) is 22.3 Å². The lowest BCUT2D eigenvalue weighted by atomic mass is 9.92. The Bertz CT molecular complexity index is 1240. The molecule has 1 aliphatic heterocycles. The van der Waals surface area contributed by atoms with E-state index in [1.165, 1.54) is 6.33 Å². The van der Waals surface area contributed by atoms with Crippen LogP contribution in [0.2, 0.25) is 0 Å². The van der Waals surface area contributed by atoms with Gasteiger partial charge in [0.1, 0.15) is 12.0 Å². The molecule has 5 rings (SSSR count). The number of Topliss-reactive ketones (excluding diaryl/α,β-unsaturated/α-hetero) is 1. The number of unbranched alkanes of at least 4 members (excludes halogenated alkanes) is 2. The van der Waals surface area contributed by atoms with Crippen molar-refractivity contribution in [1.82, 2.24) is 29.6 Å². The first-order valence-corrected chi connectivity index (χ1v) is 12.1. The molecule has 0 spiro atoms. The number of ketones is 1. The highest BCUT2D eigenvalue weighted by molar-refractivity contribution is 6.36. The third-order valence-electron chi connectivity index (χ3n) is 7.50. The Hall–Kier alpha value is -3.54. The number of hydrogen-bond acceptors (Lipinski definition) is 6. The van der Waals surface area contributed by atoms with Crippen LogP contribution in [0, 0.1) is 23.2 Å². The van der Waals surface area contributed by atoms with Crippen molar-refractivity contribution in [2.24, 2.45) is 11.8 Å². The fraction of sp³-hybridized carbons (Fsp3) is 0.520. The summed E-state index contributed by atoms with van der Waals surface area (Å²) in [6.45, 7) is 3.25. The van der Waals surface area contributed by atoms with Gasteiger partial charge in [0.05, 0.1) is 29.9 Å². The summed E-state index contributed by atoms with van der Waals surface area (Å²) in [5.74, 6) is -0.0703. The van der Waals surface area contributed by atoms with Crippen molar-refractivity contribution in [1.29, 1.82) is 5.26 Å². The number of hydrogen-bond donors (Lipinski definition) is 1. The monoisotopic (exact) mass is 459 g/mol. The van der Waals surface area contributed by atoms with Gasteiger partial charge in [-0.25, -0.2) is 9.97 Å². The molecule has 34 heavy (non-hydrogen) atoms. The molecule has 1 saturated heterocycles. The molecule has 2 fully saturated rings. The van der Waals surface area contributed by atoms with E-state index in [0.29, 0.717) is 25.9 Å². The van der Waals surface area contributed by atoms with Crippen LogP contribution in [0.1, 0.15) is 51.9 Å². The first-order chi connectivity index (χ1) is 16.5. The third kappa shape index (κ3) is 3.87. The zero-order chi connectivity index (χ0) is 23.7. The van der Waals surface area contributed by atoms with Crippen molar-refractivity contribution in [3.8, 4) is 17.3 Å². The summed E-state index contributed by atoms with van der Waals surface area (Å²) in [5.41, 5.74) is 2.05. The van der Waals surface area contributed by atoms with E-state index in [-0.39, 0.29) is 23.5 Å². The van der Waals surface area contributed by atoms with Crippen molar-refractivity contribution in [2.75, 3.05) is 13.1 Å². The fourth-order valence-corrected chi connectivity index (χ4v) is 5.81. The van der Waals surface area contributed by atoms with E-state index in [1.807, 2.05) is 23.1 Å². The van der Waals surface area contributed by atoms with Crippen molar-refractivity contribution < 1.29 is 9.59 Å². The number of amides is 1. The van der Waals surface area contributed by atoms with Crippen molar-refractivity contribution >= 4 is 22.7 Å². The summed E-state index contributed by atoms with van der Waals surface area (Å²) in [7, 11) is 0. The average molecular weight is 460 g/mol. The molecular weight excluding hydrogens is 430 g/mol. The van der Waals surface area contributed by atoms with Crippen LogP contribution in [0.3, 0.4) is 0 Å². The van der Waals surface area contributed by atoms with Crippen LogP contribution >= 0.6 is 0 Å². The van der Waals surface area contributed by atoms with Crippen LogP contribution < -0.4 is 0 Å². The Morgan fingerprint density at radius 3 is 2.76 bits per heavy atom. The average Bonchev–Trinajstić information content (AvgIpc) is 3.61. The normalized spacial score (nSPS) is 23.8. The number of nitrogens with one attached hydrogen (secondary N) is 1. The van der Waals surface area contributed by atoms with E-state index in [2.05, 4.69) is 33.0 Å². The lowest BCUT2D eigenvalue weighted by Crippen LogP contribution is -2.38. The number of carbonyl (C=O) groups excluding carboxylic acids is 2. The molecule has 9 heteroatoms. The van der Waals surface area contributed by atoms with Gasteiger partial charge in [-0.2, -0.15) is 10.4 Å². The maximum absolute atomic E-state index is 12.7. The smallest absolute Gasteiger partial charge is 0.289 e. The molecular formula is C25H29N7O2. The predicted molar refractivity (Wildman–Crippen MR) is 125 cm³/mol. The molecule has 0 radical (unpaired) electrons. The van der Waals surface area contributed by atoms with Crippen molar-refractivity contribution in [3.05, 3.63) is 31.0 Å². The molecule has 3 aromatic rings. The second-order valence-electron chi connectivity index (χ2n) is 9.71. The topological polar surface area (TPSA) is 121 Å². The standard InChI is InChI=1S/C25H29N7O2/c1-2-3-4-5-21(33)24(34)31-13-17-10-25(7-8-26,11-18(17)14-31)32-15-19(12-30-32)22-20-6-9-27-23(20)29-16-28-22/h6,9,12,15-18H,2-5,7,10-11,13-14H2,1H3,(H,27,28,29)/t17-,18+,25?. The van der Waals surface area contributed by atoms with Crippen LogP contribution in [0.5, 0.6) is 0 Å². The molecule has 0 aromatic carbocycles. The van der Waals surface area contributed by atoms with Gasteiger partial charge in [0.2, 0.25) is 5.78 Å². The molecule has 9 nitrogen and oxygen atoms in total. The first kappa shape index (κ1) is 22.3. The lowest BCUT2D eigenvalue weighted by Gasteiger charge is -2.29. The number of H-pyrrole nitrogens is 1. The molecule has 3 aromatic heterocycles. The molecule has 4 heterocycles. The van der Waals surface area contributed by atoms with E-state index in [1.54, 1.807) is 11.1 Å². The van der Waals surface area contributed by atoms with Gasteiger partial charge >= 0.3 is 0 Å². The maximum atomic E-state index is 12.7. The summed E-state index contributed by atoms with van der Waals surface area (Å²) in [4.78, 5) is 38.5. The van der Waals surface area contributed by atoms with Gasteiger partial charge in [0.15, 0.2) is 0 Å². The van der Waals surface area contributed by atoms with E-state index in [4.69, 9.17) is 0 Å². The minimum Gasteiger partial charge on any atom is -0.346 e. The lowest BCUT2D eigenvalue weighted by molar-refractivity contribution is -0.144. The number of nitriles is 1. The highest BCUT2D eigenvalue weighted by Gasteiger charge is 2.51. The Morgan fingerprint density at radius 1 is 1.24 bits per heavy atom. The minimum atomic E-state index is -0.410. The quantitative estimate of drug-likeness (QED) is 0.407. The molecule has 1 saturated carbocycles. The van der Waals surface area contributed by atoms with Gasteiger partial charge in [0, 0.05) is 42.9 Å². The Kier molecular flexibility index (Phi) is 5.90. The summed E-state index contributed by atoms with van der Waals surface area (Å²) in [6, 6.07) is 4.31. The SMILES string of the molecule is CCCCCC(=O)C(=O)N1C[C@@H]2CC(CC#N)(n3cc(-c4ncnc5[nH]ccc45)cn3)C[C@@H]2C1. The molecule has 0 bridgehead atoms. The largest absolute Gasteiger partial charge is 0.346 e. The second kappa shape index (κ2) is 9.01. The van der Waals surface area contributed by atoms with Crippen LogP contribution in [-0.4, -0.2) is 54.4 Å². The van der Waals surface area contributed by atoms with E-state index >= 15 is 0 Å². The number of carbonyl (C=O) groups is 2. The Labute approximate surface area is 198 Å². The fourth-order valence-electron chi connectivity index (χ4n) is 5.81. The predicted octanol–water partition coefficient (Wildman–Crippen LogP) is 3.45. The molecule has 1 N–H and O–H groups in total. The first-order valence-electron chi connectivity index (χ1n) is 12.1. The third-order valence-corrected chi connectivity index (χ3v) is 7.50. The number of aromatic nitrogens is 5. The highest BCUT2D eigenvalue weighted by Crippen LogP contribution is 2.49. The van der Waals surface area contributed by atoms with E-state index < -0.39 is 5.54 Å². The van der Waals surface area contributed by atoms with Gasteiger partial charge in [-0.15, -0.1) is 0 Å². The van der Waals surface area contributed by atoms with Gasteiger partial charge < -0.3 is 9.88 Å². The van der Waals surface area contributed by atoms with Gasteiger partial charge in [0.25, 0.3) is 5.91 Å². The number of aromatic amines is 1. The Balaban J connectivity index is 1.32. The van der Waals surface area contributed by atoms with Crippen LogP contribution in [0.15, 0.2) is 31.0 Å². The second-order valence-corrected chi connectivity index (χ2v) is 9.71. The van der Waals surface area contributed by atoms with Crippen LogP contribution in [0.4, 0.5) is 0 Å². The molecule has 1 unspecified atom stereocenters. The minimum absolute atomic E-state index is 0.267. The summed E-state index contributed by atoms with van der Waals surface area (Å²) in [6.07, 6.45) is 12.1. The molecule has 1 amide bonds. The number of rotatable bonds is 8. The summed E-state index contributed by atoms with van der Waals surface area (Å²) < 4.78 is 1.94. The molecule has 3 atom stereocenters. The molecule has 176 valence electrons. The van der Waals surface area contributed by atoms with E-state index in [0.717, 1.165) is 54.4 Å². The van der Waals surface area contributed by atoms with Gasteiger partial charge in [-0.3, -0.25) is 14.3 Å². The Morgan fingerprint density at radius 2 is 2.03 bits per heavy atom. The summed E-state index contributed by atoms with van der Waals surface area (Å²) in [5, 5.41) is 15.2. The highest BCUT2D eigenvalue weighted by atomic mass is 16.2. The summed E-state index contributed by atoms with van der Waals surface area (Å²) >= 11 is 0.